The summed E-state index contributed by atoms with van der Waals surface area (Å²) in [6.07, 6.45) is 1.65. The van der Waals surface area contributed by atoms with Crippen LogP contribution in [-0.4, -0.2) is 55.0 Å². The minimum absolute atomic E-state index is 0.103. The second-order valence-corrected chi connectivity index (χ2v) is 9.05. The molecule has 1 atom stereocenters. The summed E-state index contributed by atoms with van der Waals surface area (Å²) in [4.78, 5) is 18.9. The van der Waals surface area contributed by atoms with Crippen LogP contribution < -0.4 is 4.74 Å². The topological polar surface area (TPSA) is 79.8 Å². The molecule has 0 saturated carbocycles. The van der Waals surface area contributed by atoms with Crippen LogP contribution in [0.1, 0.15) is 28.5 Å². The minimum Gasteiger partial charge on any atom is -0.463 e. The maximum atomic E-state index is 13.1. The Morgan fingerprint density at radius 3 is 2.61 bits per heavy atom. The highest BCUT2D eigenvalue weighted by Crippen LogP contribution is 2.43. The number of aromatic nitrogens is 1. The number of piperazine rings is 1. The number of halogens is 1. The Hall–Kier alpha value is -2.52. The van der Waals surface area contributed by atoms with Crippen molar-refractivity contribution in [2.45, 2.75) is 24.3 Å². The number of fused-ring (bicyclic) bond motifs is 3. The number of nitrogens with zero attached hydrogens (tertiary/aromatic N) is 3. The lowest BCUT2D eigenvalue weighted by Crippen LogP contribution is -2.58. The van der Waals surface area contributed by atoms with E-state index in [9.17, 15) is 17.6 Å². The molecular weight excluding hydrogens is 385 g/mol. The first-order valence-corrected chi connectivity index (χ1v) is 10.3. The number of alkyl halides is 1. The van der Waals surface area contributed by atoms with Gasteiger partial charge in [0.15, 0.2) is 0 Å². The monoisotopic (exact) mass is 405 g/mol. The SMILES string of the molecule is Cc1nccc2c1C(=O)N1CCN(S(=O)(=O)c3ccc(OCF)cc3)CC21C. The van der Waals surface area contributed by atoms with Gasteiger partial charge < -0.3 is 9.64 Å². The van der Waals surface area contributed by atoms with E-state index in [1.807, 2.05) is 6.92 Å². The van der Waals surface area contributed by atoms with Crippen molar-refractivity contribution in [3.63, 3.8) is 0 Å². The smallest absolute Gasteiger partial charge is 0.256 e. The highest BCUT2D eigenvalue weighted by atomic mass is 32.2. The molecule has 0 aliphatic carbocycles. The van der Waals surface area contributed by atoms with Crippen LogP contribution in [-0.2, 0) is 15.6 Å². The lowest BCUT2D eigenvalue weighted by Gasteiger charge is -2.44. The van der Waals surface area contributed by atoms with Crippen LogP contribution in [0.3, 0.4) is 0 Å². The molecule has 3 heterocycles. The number of carbonyl (C=O) groups excluding carboxylic acids is 1. The minimum atomic E-state index is -3.77. The number of pyridine rings is 1. The van der Waals surface area contributed by atoms with E-state index >= 15 is 0 Å². The highest BCUT2D eigenvalue weighted by Gasteiger charge is 2.52. The summed E-state index contributed by atoms with van der Waals surface area (Å²) >= 11 is 0. The second kappa shape index (κ2) is 6.52. The summed E-state index contributed by atoms with van der Waals surface area (Å²) in [5.74, 6) is 0.157. The molecule has 1 aromatic carbocycles. The molecule has 2 aliphatic rings. The van der Waals surface area contributed by atoms with Gasteiger partial charge >= 0.3 is 0 Å². The predicted molar refractivity (Wildman–Crippen MR) is 99.2 cm³/mol. The van der Waals surface area contributed by atoms with E-state index in [1.54, 1.807) is 24.1 Å². The van der Waals surface area contributed by atoms with E-state index in [1.165, 1.54) is 28.6 Å². The molecule has 2 aliphatic heterocycles. The number of carbonyl (C=O) groups is 1. The van der Waals surface area contributed by atoms with E-state index in [2.05, 4.69) is 4.98 Å². The molecule has 1 unspecified atom stereocenters. The number of benzene rings is 1. The van der Waals surface area contributed by atoms with Gasteiger partial charge in [0.25, 0.3) is 5.91 Å². The van der Waals surface area contributed by atoms with Crippen molar-refractivity contribution in [3.05, 3.63) is 53.3 Å². The van der Waals surface area contributed by atoms with Crippen LogP contribution in [0.5, 0.6) is 5.75 Å². The zero-order valence-corrected chi connectivity index (χ0v) is 16.4. The van der Waals surface area contributed by atoms with Crippen molar-refractivity contribution >= 4 is 15.9 Å². The first kappa shape index (κ1) is 18.8. The molecule has 0 spiro atoms. The lowest BCUT2D eigenvalue weighted by molar-refractivity contribution is 0.0375. The van der Waals surface area contributed by atoms with E-state index in [0.29, 0.717) is 17.8 Å². The van der Waals surface area contributed by atoms with E-state index in [0.717, 1.165) is 5.56 Å². The third-order valence-corrected chi connectivity index (χ3v) is 7.37. The Kier molecular flexibility index (Phi) is 4.39. The molecule has 0 bridgehead atoms. The molecule has 1 saturated heterocycles. The largest absolute Gasteiger partial charge is 0.463 e. The maximum absolute atomic E-state index is 13.1. The van der Waals surface area contributed by atoms with Crippen molar-refractivity contribution < 1.29 is 22.3 Å². The Morgan fingerprint density at radius 1 is 1.21 bits per heavy atom. The number of aryl methyl sites for hydroxylation is 1. The number of amides is 1. The van der Waals surface area contributed by atoms with Crippen LogP contribution in [0, 0.1) is 6.92 Å². The molecule has 0 radical (unpaired) electrons. The van der Waals surface area contributed by atoms with E-state index in [-0.39, 0.29) is 29.6 Å². The quantitative estimate of drug-likeness (QED) is 0.778. The Balaban J connectivity index is 1.68. The van der Waals surface area contributed by atoms with Crippen molar-refractivity contribution in [3.8, 4) is 5.75 Å². The van der Waals surface area contributed by atoms with Gasteiger partial charge in [-0.15, -0.1) is 0 Å². The van der Waals surface area contributed by atoms with E-state index < -0.39 is 22.4 Å². The van der Waals surface area contributed by atoms with Gasteiger partial charge in [-0.2, -0.15) is 4.31 Å². The van der Waals surface area contributed by atoms with Crippen molar-refractivity contribution in [1.29, 1.82) is 0 Å². The summed E-state index contributed by atoms with van der Waals surface area (Å²) < 4.78 is 44.7. The van der Waals surface area contributed by atoms with Crippen molar-refractivity contribution in [2.75, 3.05) is 26.5 Å². The molecule has 4 rings (SSSR count). The molecule has 1 aromatic heterocycles. The number of sulfonamides is 1. The Bertz CT molecular complexity index is 1040. The third-order valence-electron chi connectivity index (χ3n) is 5.52. The Labute approximate surface area is 162 Å². The summed E-state index contributed by atoms with van der Waals surface area (Å²) in [6, 6.07) is 7.44. The summed E-state index contributed by atoms with van der Waals surface area (Å²) in [5.41, 5.74) is 1.27. The fraction of sp³-hybridized carbons (Fsp3) is 0.368. The third kappa shape index (κ3) is 2.68. The average Bonchev–Trinajstić information content (AvgIpc) is 2.90. The lowest BCUT2D eigenvalue weighted by atomic mass is 9.90. The predicted octanol–water partition coefficient (Wildman–Crippen LogP) is 2.07. The maximum Gasteiger partial charge on any atom is 0.256 e. The van der Waals surface area contributed by atoms with Crippen molar-refractivity contribution in [2.24, 2.45) is 0 Å². The van der Waals surface area contributed by atoms with Gasteiger partial charge in [0.2, 0.25) is 16.9 Å². The van der Waals surface area contributed by atoms with Crippen LogP contribution >= 0.6 is 0 Å². The van der Waals surface area contributed by atoms with Gasteiger partial charge in [-0.05, 0) is 49.7 Å². The van der Waals surface area contributed by atoms with Crippen LogP contribution in [0.25, 0.3) is 0 Å². The van der Waals surface area contributed by atoms with Crippen molar-refractivity contribution in [1.82, 2.24) is 14.2 Å². The fourth-order valence-electron chi connectivity index (χ4n) is 4.07. The molecule has 0 N–H and O–H groups in total. The molecule has 148 valence electrons. The molecule has 2 aromatic rings. The van der Waals surface area contributed by atoms with Gasteiger partial charge in [-0.25, -0.2) is 12.8 Å². The van der Waals surface area contributed by atoms with Gasteiger partial charge in [-0.1, -0.05) is 0 Å². The highest BCUT2D eigenvalue weighted by molar-refractivity contribution is 7.89. The normalized spacial score (nSPS) is 22.1. The zero-order chi connectivity index (χ0) is 20.1. The summed E-state index contributed by atoms with van der Waals surface area (Å²) in [7, 11) is -3.77. The molecule has 1 fully saturated rings. The van der Waals surface area contributed by atoms with Crippen LogP contribution in [0.2, 0.25) is 0 Å². The Morgan fingerprint density at radius 2 is 1.93 bits per heavy atom. The first-order valence-electron chi connectivity index (χ1n) is 8.86. The number of rotatable bonds is 4. The number of hydrogen-bond donors (Lipinski definition) is 0. The van der Waals surface area contributed by atoms with Gasteiger partial charge in [0, 0.05) is 25.8 Å². The van der Waals surface area contributed by atoms with Gasteiger partial charge in [-0.3, -0.25) is 9.78 Å². The second-order valence-electron chi connectivity index (χ2n) is 7.11. The first-order chi connectivity index (χ1) is 13.3. The molecule has 1 amide bonds. The van der Waals surface area contributed by atoms with Gasteiger partial charge in [0.1, 0.15) is 5.75 Å². The van der Waals surface area contributed by atoms with E-state index in [4.69, 9.17) is 4.74 Å². The van der Waals surface area contributed by atoms with Crippen LogP contribution in [0.4, 0.5) is 4.39 Å². The number of hydrogen-bond acceptors (Lipinski definition) is 5. The molecule has 7 nitrogen and oxygen atoms in total. The average molecular weight is 405 g/mol. The fourth-order valence-corrected chi connectivity index (χ4v) is 5.59. The van der Waals surface area contributed by atoms with Crippen LogP contribution in [0.15, 0.2) is 41.4 Å². The molecular formula is C19H20FN3O4S. The van der Waals surface area contributed by atoms with Gasteiger partial charge in [0.05, 0.1) is 21.7 Å². The number of ether oxygens (including phenoxy) is 1. The molecule has 9 heteroatoms. The summed E-state index contributed by atoms with van der Waals surface area (Å²) in [5, 5.41) is 0. The standard InChI is InChI=1S/C19H20FN3O4S/c1-13-17-16(7-8-21-13)19(2)11-22(9-10-23(19)18(17)24)28(25,26)15-5-3-14(4-6-15)27-12-20/h3-8H,9-12H2,1-2H3. The zero-order valence-electron chi connectivity index (χ0n) is 15.6. The summed E-state index contributed by atoms with van der Waals surface area (Å²) in [6.45, 7) is 3.34. The molecule has 28 heavy (non-hydrogen) atoms.